The van der Waals surface area contributed by atoms with Crippen molar-refractivity contribution in [2.75, 3.05) is 11.5 Å². The number of hydrazone groups is 1. The zero-order chi connectivity index (χ0) is 19.0. The van der Waals surface area contributed by atoms with Crippen molar-refractivity contribution in [2.45, 2.75) is 13.0 Å². The van der Waals surface area contributed by atoms with Crippen LogP contribution in [0.5, 0.6) is 0 Å². The van der Waals surface area contributed by atoms with Crippen LogP contribution in [-0.4, -0.2) is 46.2 Å². The Kier molecular flexibility index (Phi) is 4.16. The van der Waals surface area contributed by atoms with Gasteiger partial charge in [-0.3, -0.25) is 19.7 Å². The molecule has 1 aromatic rings. The Hall–Kier alpha value is -3.70. The monoisotopic (exact) mass is 361 g/mol. The van der Waals surface area contributed by atoms with Crippen LogP contribution in [0.1, 0.15) is 6.92 Å². The summed E-state index contributed by atoms with van der Waals surface area (Å²) in [6.45, 7) is 1.54. The van der Waals surface area contributed by atoms with Gasteiger partial charge in [0.15, 0.2) is 11.8 Å². The van der Waals surface area contributed by atoms with Gasteiger partial charge in [0.2, 0.25) is 5.91 Å². The van der Waals surface area contributed by atoms with Crippen LogP contribution in [0.15, 0.2) is 34.7 Å². The van der Waals surface area contributed by atoms with Crippen LogP contribution in [0.4, 0.5) is 11.4 Å². The van der Waals surface area contributed by atoms with Crippen molar-refractivity contribution in [1.29, 1.82) is 0 Å². The number of hydrogen-bond donors (Lipinski definition) is 0. The third kappa shape index (κ3) is 2.47. The number of imide groups is 1. The number of nitroso groups, excluding NO2 is 1. The van der Waals surface area contributed by atoms with Gasteiger partial charge in [0.25, 0.3) is 11.6 Å². The molecule has 134 valence electrons. The lowest BCUT2D eigenvalue weighted by molar-refractivity contribution is -0.384. The number of ether oxygens (including phenoxy) is 1. The molecule has 1 saturated heterocycles. The van der Waals surface area contributed by atoms with Crippen molar-refractivity contribution in [2.24, 2.45) is 16.3 Å². The predicted molar refractivity (Wildman–Crippen MR) is 84.6 cm³/mol. The standard InChI is InChI=1S/C14H11N5O7/c1-2-26-14(22)10-9-11(18(15-10)16-23)13(21)17(12(9)20)7-4-3-5-8(6-7)19(24)25/h3-6,9,11H,2H2,1H3/t9-,11-/m0/s1. The number of amides is 2. The third-order valence-corrected chi connectivity index (χ3v) is 3.90. The lowest BCUT2D eigenvalue weighted by Gasteiger charge is -2.16. The second-order valence-corrected chi connectivity index (χ2v) is 5.32. The highest BCUT2D eigenvalue weighted by atomic mass is 16.6. The Labute approximate surface area is 145 Å². The Balaban J connectivity index is 2.02. The first-order valence-electron chi connectivity index (χ1n) is 7.41. The van der Waals surface area contributed by atoms with Crippen molar-refractivity contribution in [3.8, 4) is 0 Å². The van der Waals surface area contributed by atoms with Crippen LogP contribution in [0.25, 0.3) is 0 Å². The van der Waals surface area contributed by atoms with Gasteiger partial charge in [-0.1, -0.05) is 6.07 Å². The number of benzene rings is 1. The molecule has 0 aromatic heterocycles. The van der Waals surface area contributed by atoms with Crippen LogP contribution in [-0.2, 0) is 19.1 Å². The van der Waals surface area contributed by atoms with Gasteiger partial charge in [-0.25, -0.2) is 9.69 Å². The normalized spacial score (nSPS) is 21.5. The first-order chi connectivity index (χ1) is 12.4. The second-order valence-electron chi connectivity index (χ2n) is 5.32. The van der Waals surface area contributed by atoms with Gasteiger partial charge in [0, 0.05) is 12.1 Å². The molecule has 1 fully saturated rings. The van der Waals surface area contributed by atoms with Crippen molar-refractivity contribution >= 4 is 34.9 Å². The number of anilines is 1. The molecule has 0 aliphatic carbocycles. The summed E-state index contributed by atoms with van der Waals surface area (Å²) in [6, 6.07) is 3.43. The number of carbonyl (C=O) groups is 3. The van der Waals surface area contributed by atoms with Crippen LogP contribution in [0, 0.1) is 20.9 Å². The van der Waals surface area contributed by atoms with E-state index in [0.717, 1.165) is 6.07 Å². The van der Waals surface area contributed by atoms with Crippen molar-refractivity contribution in [1.82, 2.24) is 5.12 Å². The van der Waals surface area contributed by atoms with E-state index in [1.807, 2.05) is 0 Å². The predicted octanol–water partition coefficient (Wildman–Crippen LogP) is 0.369. The van der Waals surface area contributed by atoms with Crippen LogP contribution < -0.4 is 4.90 Å². The zero-order valence-electron chi connectivity index (χ0n) is 13.3. The molecule has 3 rings (SSSR count). The van der Waals surface area contributed by atoms with Crippen molar-refractivity contribution < 1.29 is 24.0 Å². The van der Waals surface area contributed by atoms with E-state index in [1.165, 1.54) is 25.1 Å². The minimum Gasteiger partial charge on any atom is -0.461 e. The van der Waals surface area contributed by atoms with E-state index in [-0.39, 0.29) is 18.0 Å². The highest BCUT2D eigenvalue weighted by Crippen LogP contribution is 2.36. The fourth-order valence-electron chi connectivity index (χ4n) is 2.83. The highest BCUT2D eigenvalue weighted by Gasteiger charge is 2.59. The minimum absolute atomic E-state index is 0.000485. The van der Waals surface area contributed by atoms with Crippen LogP contribution in [0.3, 0.4) is 0 Å². The van der Waals surface area contributed by atoms with Gasteiger partial charge in [-0.05, 0) is 13.0 Å². The molecule has 0 spiro atoms. The number of carbonyl (C=O) groups excluding carboxylic acids is 3. The summed E-state index contributed by atoms with van der Waals surface area (Å²) in [5, 5.41) is 17.5. The van der Waals surface area contributed by atoms with Crippen LogP contribution >= 0.6 is 0 Å². The van der Waals surface area contributed by atoms with E-state index < -0.39 is 40.4 Å². The number of hydrogen-bond acceptors (Lipinski definition) is 9. The number of rotatable bonds is 5. The maximum atomic E-state index is 12.7. The van der Waals surface area contributed by atoms with E-state index in [1.54, 1.807) is 0 Å². The van der Waals surface area contributed by atoms with Gasteiger partial charge in [0.1, 0.15) is 5.92 Å². The van der Waals surface area contributed by atoms with E-state index in [9.17, 15) is 29.4 Å². The van der Waals surface area contributed by atoms with Crippen molar-refractivity contribution in [3.63, 3.8) is 0 Å². The minimum atomic E-state index is -1.43. The average molecular weight is 361 g/mol. The zero-order valence-corrected chi connectivity index (χ0v) is 13.3. The molecule has 0 bridgehead atoms. The fourth-order valence-corrected chi connectivity index (χ4v) is 2.83. The summed E-state index contributed by atoms with van der Waals surface area (Å²) in [4.78, 5) is 59.2. The number of fused-ring (bicyclic) bond motifs is 1. The first kappa shape index (κ1) is 17.1. The molecule has 0 N–H and O–H groups in total. The molecule has 2 heterocycles. The Bertz CT molecular complexity index is 867. The maximum Gasteiger partial charge on any atom is 0.355 e. The topological polar surface area (TPSA) is 152 Å². The Morgan fingerprint density at radius 1 is 1.38 bits per heavy atom. The molecular weight excluding hydrogens is 350 g/mol. The molecule has 12 heteroatoms. The third-order valence-electron chi connectivity index (χ3n) is 3.90. The smallest absolute Gasteiger partial charge is 0.355 e. The summed E-state index contributed by atoms with van der Waals surface area (Å²) in [5.74, 6) is -4.05. The molecule has 0 saturated carbocycles. The maximum absolute atomic E-state index is 12.7. The molecule has 12 nitrogen and oxygen atoms in total. The summed E-state index contributed by atoms with van der Waals surface area (Å²) in [5.41, 5.74) is -0.801. The summed E-state index contributed by atoms with van der Waals surface area (Å²) in [6.07, 6.45) is 0. The van der Waals surface area contributed by atoms with Gasteiger partial charge in [-0.2, -0.15) is 0 Å². The lowest BCUT2D eigenvalue weighted by atomic mass is 9.98. The number of nitro groups is 1. The SMILES string of the molecule is CCOC(=O)C1=NN(N=O)[C@@H]2C(=O)N(c3cccc([N+](=O)[O-])c3)C(=O)[C@@H]12. The Morgan fingerprint density at radius 2 is 2.12 bits per heavy atom. The molecular formula is C14H11N5O7. The van der Waals surface area contributed by atoms with Gasteiger partial charge >= 0.3 is 5.97 Å². The van der Waals surface area contributed by atoms with Gasteiger partial charge in [-0.15, -0.1) is 15.1 Å². The summed E-state index contributed by atoms with van der Waals surface area (Å²) >= 11 is 0. The molecule has 0 unspecified atom stereocenters. The van der Waals surface area contributed by atoms with E-state index in [4.69, 9.17) is 4.74 Å². The fraction of sp³-hybridized carbons (Fsp3) is 0.286. The molecule has 1 aromatic carbocycles. The first-order valence-corrected chi connectivity index (χ1v) is 7.41. The molecule has 2 aliphatic rings. The van der Waals surface area contributed by atoms with Crippen molar-refractivity contribution in [3.05, 3.63) is 39.3 Å². The largest absolute Gasteiger partial charge is 0.461 e. The molecule has 2 atom stereocenters. The average Bonchev–Trinajstić information content (AvgIpc) is 3.12. The highest BCUT2D eigenvalue weighted by molar-refractivity contribution is 6.46. The van der Waals surface area contributed by atoms with E-state index in [0.29, 0.717) is 10.0 Å². The summed E-state index contributed by atoms with van der Waals surface area (Å²) < 4.78 is 4.79. The number of nitro benzene ring substituents is 1. The lowest BCUT2D eigenvalue weighted by Crippen LogP contribution is -2.36. The molecule has 26 heavy (non-hydrogen) atoms. The van der Waals surface area contributed by atoms with Gasteiger partial charge in [0.05, 0.1) is 22.5 Å². The number of esters is 1. The molecule has 2 aliphatic heterocycles. The molecule has 0 radical (unpaired) electrons. The summed E-state index contributed by atoms with van der Waals surface area (Å²) in [7, 11) is 0. The number of nitrogens with zero attached hydrogens (tertiary/aromatic N) is 5. The molecule has 2 amide bonds. The van der Waals surface area contributed by atoms with E-state index >= 15 is 0 Å². The quantitative estimate of drug-likeness (QED) is 0.240. The van der Waals surface area contributed by atoms with Crippen LogP contribution in [0.2, 0.25) is 0 Å². The second kappa shape index (κ2) is 6.31. The number of non-ortho nitro benzene ring substituents is 1. The van der Waals surface area contributed by atoms with Gasteiger partial charge < -0.3 is 4.74 Å². The Morgan fingerprint density at radius 3 is 2.73 bits per heavy atom. The van der Waals surface area contributed by atoms with E-state index in [2.05, 4.69) is 10.4 Å².